The van der Waals surface area contributed by atoms with Gasteiger partial charge in [-0.1, -0.05) is 0 Å². The van der Waals surface area contributed by atoms with Gasteiger partial charge in [0.15, 0.2) is 11.3 Å². The summed E-state index contributed by atoms with van der Waals surface area (Å²) in [7, 11) is 0. The van der Waals surface area contributed by atoms with Crippen LogP contribution in [0.25, 0.3) is 17.5 Å². The normalized spacial score (nSPS) is 11.3. The molecule has 3 heterocycles. The lowest BCUT2D eigenvalue weighted by molar-refractivity contribution is -0.139. The molecule has 0 fully saturated rings. The number of aromatic nitrogens is 2. The number of carbonyl (C=O) groups excluding carboxylic acids is 1. The minimum atomic E-state index is -0.544. The summed E-state index contributed by atoms with van der Waals surface area (Å²) in [6.45, 7) is 3.53. The van der Waals surface area contributed by atoms with Gasteiger partial charge in [0.1, 0.15) is 17.3 Å². The van der Waals surface area contributed by atoms with Gasteiger partial charge in [-0.05, 0) is 54.1 Å². The molecule has 3 rings (SSSR count). The summed E-state index contributed by atoms with van der Waals surface area (Å²) in [4.78, 5) is 11.7. The minimum Gasteiger partial charge on any atom is -0.466 e. The number of furan rings is 2. The van der Waals surface area contributed by atoms with Gasteiger partial charge in [-0.2, -0.15) is 0 Å². The van der Waals surface area contributed by atoms with Crippen LogP contribution in [0.15, 0.2) is 42.2 Å². The van der Waals surface area contributed by atoms with E-state index < -0.39 is 5.97 Å². The predicted molar refractivity (Wildman–Crippen MR) is 86.7 cm³/mol. The molecule has 0 aliphatic rings. The quantitative estimate of drug-likeness (QED) is 0.477. The average molecular weight is 393 g/mol. The van der Waals surface area contributed by atoms with E-state index in [0.717, 1.165) is 11.3 Å². The molecule has 124 valence electrons. The van der Waals surface area contributed by atoms with Crippen molar-refractivity contribution in [1.82, 2.24) is 10.2 Å². The molecule has 0 amide bonds. The monoisotopic (exact) mass is 392 g/mol. The minimum absolute atomic E-state index is 0.117. The van der Waals surface area contributed by atoms with Crippen molar-refractivity contribution < 1.29 is 22.8 Å². The van der Waals surface area contributed by atoms with Crippen molar-refractivity contribution in [2.45, 2.75) is 20.5 Å². The number of esters is 1. The van der Waals surface area contributed by atoms with Crippen LogP contribution in [0.2, 0.25) is 0 Å². The summed E-state index contributed by atoms with van der Waals surface area (Å²) in [6, 6.07) is 5.25. The maximum Gasteiger partial charge on any atom is 0.331 e. The Bertz CT molecular complexity index is 890. The molecular weight excluding hydrogens is 380 g/mol. The Balaban J connectivity index is 1.58. The number of ether oxygens (including phenoxy) is 1. The van der Waals surface area contributed by atoms with E-state index in [1.54, 1.807) is 12.1 Å². The number of hydrogen-bond acceptors (Lipinski definition) is 7. The van der Waals surface area contributed by atoms with E-state index in [1.165, 1.54) is 12.2 Å². The Morgan fingerprint density at radius 2 is 2.08 bits per heavy atom. The second-order valence-corrected chi connectivity index (χ2v) is 5.69. The zero-order valence-electron chi connectivity index (χ0n) is 12.9. The number of nitrogens with zero attached hydrogens (tertiary/aromatic N) is 2. The standard InChI is InChI=1S/C16H13BrN2O5/c1-9-7-12(10(2)22-9)16-19-18-14(24-16)8-21-15(20)6-4-11-3-5-13(17)23-11/h3-7H,8H2,1-2H3/b6-4+. The second kappa shape index (κ2) is 6.88. The summed E-state index contributed by atoms with van der Waals surface area (Å²) in [5.74, 6) is 1.95. The third-order valence-corrected chi connectivity index (χ3v) is 3.48. The fourth-order valence-electron chi connectivity index (χ4n) is 2.01. The highest BCUT2D eigenvalue weighted by Crippen LogP contribution is 2.25. The maximum atomic E-state index is 11.7. The van der Waals surface area contributed by atoms with Crippen LogP contribution in [0.1, 0.15) is 23.2 Å². The first-order valence-electron chi connectivity index (χ1n) is 7.01. The molecule has 7 nitrogen and oxygen atoms in total. The van der Waals surface area contributed by atoms with Gasteiger partial charge in [0, 0.05) is 6.08 Å². The van der Waals surface area contributed by atoms with Crippen molar-refractivity contribution in [3.05, 3.63) is 52.1 Å². The fraction of sp³-hybridized carbons (Fsp3) is 0.188. The van der Waals surface area contributed by atoms with E-state index >= 15 is 0 Å². The number of halogens is 1. The van der Waals surface area contributed by atoms with E-state index in [-0.39, 0.29) is 12.5 Å². The maximum absolute atomic E-state index is 11.7. The molecule has 0 radical (unpaired) electrons. The lowest BCUT2D eigenvalue weighted by Gasteiger charge is -1.96. The Morgan fingerprint density at radius 3 is 2.75 bits per heavy atom. The van der Waals surface area contributed by atoms with Gasteiger partial charge >= 0.3 is 5.97 Å². The molecule has 0 unspecified atom stereocenters. The highest BCUT2D eigenvalue weighted by atomic mass is 79.9. The van der Waals surface area contributed by atoms with Crippen LogP contribution in [0, 0.1) is 13.8 Å². The first-order valence-corrected chi connectivity index (χ1v) is 7.80. The molecule has 0 aliphatic carbocycles. The van der Waals surface area contributed by atoms with Gasteiger partial charge in [-0.15, -0.1) is 10.2 Å². The highest BCUT2D eigenvalue weighted by molar-refractivity contribution is 9.10. The van der Waals surface area contributed by atoms with Crippen molar-refractivity contribution in [2.24, 2.45) is 0 Å². The van der Waals surface area contributed by atoms with E-state index in [1.807, 2.05) is 19.9 Å². The molecule has 3 aromatic heterocycles. The number of rotatable bonds is 5. The molecule has 24 heavy (non-hydrogen) atoms. The fourth-order valence-corrected chi connectivity index (χ4v) is 2.33. The van der Waals surface area contributed by atoms with Crippen LogP contribution in [0.3, 0.4) is 0 Å². The molecule has 0 saturated carbocycles. The average Bonchev–Trinajstić information content (AvgIpc) is 3.23. The van der Waals surface area contributed by atoms with Crippen LogP contribution < -0.4 is 0 Å². The molecule has 0 atom stereocenters. The molecule has 0 bridgehead atoms. The van der Waals surface area contributed by atoms with Crippen LogP contribution >= 0.6 is 15.9 Å². The molecule has 3 aromatic rings. The number of aryl methyl sites for hydroxylation is 2. The van der Waals surface area contributed by atoms with Crippen molar-refractivity contribution in [3.63, 3.8) is 0 Å². The number of hydrogen-bond donors (Lipinski definition) is 0. The van der Waals surface area contributed by atoms with Gasteiger partial charge < -0.3 is 18.0 Å². The molecule has 0 saturated heterocycles. The van der Waals surface area contributed by atoms with Crippen LogP contribution in [-0.2, 0) is 16.1 Å². The van der Waals surface area contributed by atoms with Crippen molar-refractivity contribution in [1.29, 1.82) is 0 Å². The van der Waals surface area contributed by atoms with E-state index in [9.17, 15) is 4.79 Å². The SMILES string of the molecule is Cc1cc(-c2nnc(COC(=O)/C=C/c3ccc(Br)o3)o2)c(C)o1. The zero-order chi connectivity index (χ0) is 17.1. The highest BCUT2D eigenvalue weighted by Gasteiger charge is 2.15. The molecule has 0 N–H and O–H groups in total. The van der Waals surface area contributed by atoms with Gasteiger partial charge in [-0.25, -0.2) is 4.79 Å². The van der Waals surface area contributed by atoms with Gasteiger partial charge in [0.25, 0.3) is 11.8 Å². The predicted octanol–water partition coefficient (Wildman–Crippen LogP) is 4.06. The van der Waals surface area contributed by atoms with Gasteiger partial charge in [0.05, 0.1) is 5.56 Å². The van der Waals surface area contributed by atoms with Crippen molar-refractivity contribution >= 4 is 28.0 Å². The zero-order valence-corrected chi connectivity index (χ0v) is 14.5. The van der Waals surface area contributed by atoms with Gasteiger partial charge in [0.2, 0.25) is 0 Å². The second-order valence-electron chi connectivity index (χ2n) is 4.91. The summed E-state index contributed by atoms with van der Waals surface area (Å²) in [6.07, 6.45) is 2.76. The largest absolute Gasteiger partial charge is 0.466 e. The van der Waals surface area contributed by atoms with E-state index in [4.69, 9.17) is 18.0 Å². The van der Waals surface area contributed by atoms with Crippen LogP contribution in [-0.4, -0.2) is 16.2 Å². The van der Waals surface area contributed by atoms with Gasteiger partial charge in [-0.3, -0.25) is 0 Å². The topological polar surface area (TPSA) is 91.5 Å². The number of carbonyl (C=O) groups is 1. The van der Waals surface area contributed by atoms with E-state index in [0.29, 0.717) is 22.1 Å². The Hall–Kier alpha value is -2.61. The third-order valence-electron chi connectivity index (χ3n) is 3.05. The van der Waals surface area contributed by atoms with Crippen LogP contribution in [0.4, 0.5) is 0 Å². The lowest BCUT2D eigenvalue weighted by atomic mass is 10.2. The summed E-state index contributed by atoms with van der Waals surface area (Å²) in [5.41, 5.74) is 0.723. The Morgan fingerprint density at radius 1 is 1.25 bits per heavy atom. The first-order chi connectivity index (χ1) is 11.5. The van der Waals surface area contributed by atoms with Crippen LogP contribution in [0.5, 0.6) is 0 Å². The summed E-state index contributed by atoms with van der Waals surface area (Å²) >= 11 is 3.18. The molecule has 0 aliphatic heterocycles. The Labute approximate surface area is 145 Å². The molecule has 0 aromatic carbocycles. The smallest absolute Gasteiger partial charge is 0.331 e. The lowest BCUT2D eigenvalue weighted by Crippen LogP contribution is -2.00. The summed E-state index contributed by atoms with van der Waals surface area (Å²) in [5, 5.41) is 7.78. The Kier molecular flexibility index (Phi) is 4.66. The molecule has 0 spiro atoms. The third kappa shape index (κ3) is 3.83. The van der Waals surface area contributed by atoms with Crippen molar-refractivity contribution in [3.8, 4) is 11.5 Å². The van der Waals surface area contributed by atoms with Crippen molar-refractivity contribution in [2.75, 3.05) is 0 Å². The summed E-state index contributed by atoms with van der Waals surface area (Å²) < 4.78 is 21.7. The van der Waals surface area contributed by atoms with E-state index in [2.05, 4.69) is 26.1 Å². The molecular formula is C16H13BrN2O5. The molecule has 8 heteroatoms. The first kappa shape index (κ1) is 16.3.